The third kappa shape index (κ3) is 4.54. The Morgan fingerprint density at radius 1 is 1.14 bits per heavy atom. The zero-order chi connectivity index (χ0) is 22.0. The lowest BCUT2D eigenvalue weighted by molar-refractivity contribution is -0.0466. The Labute approximate surface area is 160 Å². The Morgan fingerprint density at radius 3 is 2.24 bits per heavy atom. The molecule has 0 amide bonds. The van der Waals surface area contributed by atoms with Crippen LogP contribution in [0.25, 0.3) is 0 Å². The molecule has 0 spiro atoms. The molecule has 0 radical (unpaired) electrons. The summed E-state index contributed by atoms with van der Waals surface area (Å²) in [6.45, 7) is 1.41. The number of aliphatic hydroxyl groups is 1. The number of aromatic nitrogens is 2. The average Bonchev–Trinajstić information content (AvgIpc) is 2.92. The number of phosphoric acid groups is 3. The van der Waals surface area contributed by atoms with Crippen LogP contribution in [0.15, 0.2) is 21.9 Å². The van der Waals surface area contributed by atoms with Gasteiger partial charge in [-0.25, -0.2) is 18.5 Å². The van der Waals surface area contributed by atoms with Crippen LogP contribution in [0.5, 0.6) is 0 Å². The first-order valence-corrected chi connectivity index (χ1v) is 12.1. The Kier molecular flexibility index (Phi) is 5.49. The van der Waals surface area contributed by atoms with Gasteiger partial charge in [-0.1, -0.05) is 6.92 Å². The van der Waals surface area contributed by atoms with Crippen LogP contribution in [0.3, 0.4) is 0 Å². The van der Waals surface area contributed by atoms with Crippen LogP contribution in [0.2, 0.25) is 0 Å². The average molecular weight is 480 g/mol. The number of nitrogens with zero attached hydrogens (tertiary/aromatic N) is 1. The van der Waals surface area contributed by atoms with Crippen LogP contribution in [-0.4, -0.2) is 52.0 Å². The number of fused-ring (bicyclic) bond motifs is 1. The van der Waals surface area contributed by atoms with Crippen LogP contribution < -0.4 is 11.2 Å². The van der Waals surface area contributed by atoms with E-state index in [2.05, 4.69) is 13.1 Å². The molecule has 29 heavy (non-hydrogen) atoms. The first kappa shape index (κ1) is 22.7. The van der Waals surface area contributed by atoms with Crippen molar-refractivity contribution in [3.05, 3.63) is 33.1 Å². The van der Waals surface area contributed by atoms with Gasteiger partial charge in [-0.15, -0.1) is 0 Å². The molecule has 7 atom stereocenters. The topological polar surface area (TPSA) is 244 Å². The molecule has 0 bridgehead atoms. The number of hydrogen-bond acceptors (Lipinski definition) is 10. The van der Waals surface area contributed by atoms with Gasteiger partial charge in [-0.05, 0) is 0 Å². The van der Waals surface area contributed by atoms with Gasteiger partial charge in [0.05, 0.1) is 0 Å². The summed E-state index contributed by atoms with van der Waals surface area (Å²) in [5.41, 5.74) is -3.40. The number of rotatable bonds is 7. The highest BCUT2D eigenvalue weighted by atomic mass is 31.3. The summed E-state index contributed by atoms with van der Waals surface area (Å²) in [5, 5.41) is 10.6. The highest BCUT2D eigenvalue weighted by molar-refractivity contribution is 7.66. The Bertz CT molecular complexity index is 1080. The van der Waals surface area contributed by atoms with Crippen LogP contribution in [-0.2, 0) is 31.6 Å². The maximum atomic E-state index is 11.9. The molecule has 2 fully saturated rings. The number of phosphoric ester groups is 1. The molecule has 1 aromatic heterocycles. The Balaban J connectivity index is 1.71. The molecule has 164 valence electrons. The van der Waals surface area contributed by atoms with Crippen LogP contribution in [0.4, 0.5) is 0 Å². The summed E-state index contributed by atoms with van der Waals surface area (Å²) in [6.07, 6.45) is -2.76. The smallest absolute Gasteiger partial charge is 0.384 e. The first-order valence-electron chi connectivity index (χ1n) is 7.57. The quantitative estimate of drug-likeness (QED) is 0.244. The van der Waals surface area contributed by atoms with Gasteiger partial charge in [0.25, 0.3) is 5.56 Å². The van der Waals surface area contributed by atoms with Crippen LogP contribution in [0, 0.1) is 5.92 Å². The molecule has 6 N–H and O–H groups in total. The molecule has 0 aromatic carbocycles. The van der Waals surface area contributed by atoms with Crippen molar-refractivity contribution in [1.29, 1.82) is 0 Å². The second-order valence-electron chi connectivity index (χ2n) is 6.26. The lowest BCUT2D eigenvalue weighted by Gasteiger charge is -2.25. The summed E-state index contributed by atoms with van der Waals surface area (Å²) < 4.78 is 52.0. The fourth-order valence-corrected chi connectivity index (χ4v) is 6.27. The second kappa shape index (κ2) is 7.02. The van der Waals surface area contributed by atoms with E-state index in [9.17, 15) is 33.3 Å². The first-order chi connectivity index (χ1) is 13.1. The van der Waals surface area contributed by atoms with E-state index in [1.165, 1.54) is 6.92 Å². The number of aromatic amines is 1. The third-order valence-electron chi connectivity index (χ3n) is 4.31. The fourth-order valence-electron chi connectivity index (χ4n) is 3.04. The normalized spacial score (nSPS) is 35.5. The largest absolute Gasteiger partial charge is 0.490 e. The molecular formula is C10H15N2O14P3. The van der Waals surface area contributed by atoms with Crippen molar-refractivity contribution in [2.45, 2.75) is 31.0 Å². The van der Waals surface area contributed by atoms with Crippen molar-refractivity contribution in [3.8, 4) is 0 Å². The number of hydrogen-bond donors (Lipinski definition) is 6. The minimum absolute atomic E-state index is 0.661. The van der Waals surface area contributed by atoms with E-state index >= 15 is 0 Å². The molecule has 3 rings (SSSR count). The minimum Gasteiger partial charge on any atom is -0.384 e. The zero-order valence-corrected chi connectivity index (χ0v) is 16.8. The van der Waals surface area contributed by atoms with Crippen LogP contribution >= 0.6 is 23.5 Å². The van der Waals surface area contributed by atoms with Crippen molar-refractivity contribution in [1.82, 2.24) is 9.55 Å². The molecule has 19 heteroatoms. The number of H-pyrrole nitrogens is 1. The lowest BCUT2D eigenvalue weighted by Crippen LogP contribution is -2.37. The Morgan fingerprint density at radius 2 is 1.76 bits per heavy atom. The van der Waals surface area contributed by atoms with Gasteiger partial charge in [0.15, 0.2) is 0 Å². The summed E-state index contributed by atoms with van der Waals surface area (Å²) in [4.78, 5) is 60.6. The number of nitrogens with one attached hydrogen (secondary N) is 1. The lowest BCUT2D eigenvalue weighted by atomic mass is 10.0. The van der Waals surface area contributed by atoms with Crippen molar-refractivity contribution in [2.75, 3.05) is 0 Å². The van der Waals surface area contributed by atoms with Crippen molar-refractivity contribution in [3.63, 3.8) is 0 Å². The molecule has 1 saturated carbocycles. The standard InChI is InChI=1S/C10H15N2O14P3/c1-4-8(12-3-2-5(13)11-9(12)14)23-6-7(10(4,6)15)24-28(19,20)26-29(21,22)25-27(16,17)18/h2-4,6-8,15H,1H3,(H,19,20)(H,21,22)(H,11,13,14)(H2,16,17,18)/t4-,6-,7?,8-,10+/m1/s1. The monoisotopic (exact) mass is 480 g/mol. The molecule has 1 aromatic rings. The Hall–Kier alpha value is -0.990. The van der Waals surface area contributed by atoms with Gasteiger partial charge in [0, 0.05) is 18.2 Å². The van der Waals surface area contributed by atoms with Gasteiger partial charge in [0.2, 0.25) is 0 Å². The summed E-state index contributed by atoms with van der Waals surface area (Å²) in [6, 6.07) is 1.04. The molecule has 1 aliphatic carbocycles. The van der Waals surface area contributed by atoms with E-state index in [1.807, 2.05) is 4.98 Å². The molecule has 16 nitrogen and oxygen atoms in total. The number of ether oxygens (including phenoxy) is 1. The summed E-state index contributed by atoms with van der Waals surface area (Å²) in [5.74, 6) is -0.923. The molecule has 1 saturated heterocycles. The van der Waals surface area contributed by atoms with Gasteiger partial charge in [-0.3, -0.25) is 18.9 Å². The van der Waals surface area contributed by atoms with Gasteiger partial charge >= 0.3 is 29.2 Å². The summed E-state index contributed by atoms with van der Waals surface area (Å²) in [7, 11) is -16.7. The molecular weight excluding hydrogens is 465 g/mol. The maximum absolute atomic E-state index is 11.9. The molecule has 1 aliphatic heterocycles. The predicted octanol–water partition coefficient (Wildman–Crippen LogP) is -1.47. The SMILES string of the molecule is C[C@@H]1[C@H](n2ccc(=O)[nH]c2=O)O[C@@H]2C(OP(=O)(O)OP(=O)(O)OP(=O)(O)O)[C@@]21O. The van der Waals surface area contributed by atoms with Crippen molar-refractivity contribution >= 4 is 23.5 Å². The fraction of sp³-hybridized carbons (Fsp3) is 0.600. The third-order valence-corrected chi connectivity index (χ3v) is 8.13. The van der Waals surface area contributed by atoms with Gasteiger partial charge in [0.1, 0.15) is 24.0 Å². The van der Waals surface area contributed by atoms with Crippen molar-refractivity contribution < 1.29 is 56.3 Å². The highest BCUT2D eigenvalue weighted by Gasteiger charge is 2.78. The minimum atomic E-state index is -5.71. The second-order valence-corrected chi connectivity index (χ2v) is 10.6. The van der Waals surface area contributed by atoms with E-state index < -0.39 is 64.7 Å². The van der Waals surface area contributed by atoms with E-state index in [-0.39, 0.29) is 0 Å². The predicted molar refractivity (Wildman–Crippen MR) is 88.1 cm³/mol. The molecule has 2 aliphatic rings. The van der Waals surface area contributed by atoms with E-state index in [4.69, 9.17) is 19.4 Å². The van der Waals surface area contributed by atoms with E-state index in [1.54, 1.807) is 0 Å². The zero-order valence-electron chi connectivity index (χ0n) is 14.2. The maximum Gasteiger partial charge on any atom is 0.490 e. The molecule has 2 heterocycles. The van der Waals surface area contributed by atoms with Crippen LogP contribution in [0.1, 0.15) is 13.2 Å². The molecule has 3 unspecified atom stereocenters. The van der Waals surface area contributed by atoms with Gasteiger partial charge < -0.3 is 29.4 Å². The summed E-state index contributed by atoms with van der Waals surface area (Å²) >= 11 is 0. The van der Waals surface area contributed by atoms with Gasteiger partial charge in [-0.2, -0.15) is 8.62 Å². The van der Waals surface area contributed by atoms with E-state index in [0.29, 0.717) is 0 Å². The van der Waals surface area contributed by atoms with Crippen molar-refractivity contribution in [2.24, 2.45) is 5.92 Å². The highest BCUT2D eigenvalue weighted by Crippen LogP contribution is 2.69. The van der Waals surface area contributed by atoms with E-state index in [0.717, 1.165) is 16.8 Å².